The molecule has 0 aliphatic rings. The predicted molar refractivity (Wildman–Crippen MR) is 110 cm³/mol. The lowest BCUT2D eigenvalue weighted by atomic mass is 10.1. The molecule has 0 fully saturated rings. The van der Waals surface area contributed by atoms with E-state index >= 15 is 0 Å². The van der Waals surface area contributed by atoms with Crippen molar-refractivity contribution < 1.29 is 22.8 Å². The molecule has 2 aromatic carbocycles. The molecule has 2 amide bonds. The van der Waals surface area contributed by atoms with Gasteiger partial charge in [-0.3, -0.25) is 9.59 Å². The highest BCUT2D eigenvalue weighted by Gasteiger charge is 2.33. The Balaban J connectivity index is 1.66. The minimum absolute atomic E-state index is 0.135. The number of nitrogens with one attached hydrogen (secondary N) is 1. The number of amides is 2. The molecule has 1 N–H and O–H groups in total. The van der Waals surface area contributed by atoms with E-state index in [1.165, 1.54) is 30.5 Å². The molecule has 0 aliphatic carbocycles. The van der Waals surface area contributed by atoms with E-state index in [0.717, 1.165) is 22.6 Å². The predicted octanol–water partition coefficient (Wildman–Crippen LogP) is 5.19. The highest BCUT2D eigenvalue weighted by atomic mass is 35.5. The first-order valence-electron chi connectivity index (χ1n) is 8.58. The summed E-state index contributed by atoms with van der Waals surface area (Å²) in [5.41, 5.74) is -0.405. The number of carbonyl (C=O) groups excluding carboxylic acids is 2. The summed E-state index contributed by atoms with van der Waals surface area (Å²) in [5, 5.41) is 4.94. The van der Waals surface area contributed by atoms with Crippen molar-refractivity contribution in [3.63, 3.8) is 0 Å². The van der Waals surface area contributed by atoms with Crippen LogP contribution in [0.15, 0.2) is 53.9 Å². The van der Waals surface area contributed by atoms with Gasteiger partial charge in [0.05, 0.1) is 17.8 Å². The quantitative estimate of drug-likeness (QED) is 0.578. The summed E-state index contributed by atoms with van der Waals surface area (Å²) in [4.78, 5) is 30.1. The third-order valence-electron chi connectivity index (χ3n) is 4.05. The second-order valence-electron chi connectivity index (χ2n) is 6.30. The van der Waals surface area contributed by atoms with Crippen molar-refractivity contribution in [3.05, 3.63) is 70.2 Å². The number of thiazole rings is 1. The Morgan fingerprint density at radius 2 is 1.80 bits per heavy atom. The molecule has 0 aliphatic heterocycles. The number of halogens is 4. The SMILES string of the molecule is CN(CC(=O)Nc1ccccc1C(F)(F)F)C(=O)c1csc(-c2ccc(Cl)cc2)n1. The number of anilines is 1. The minimum atomic E-state index is -4.61. The van der Waals surface area contributed by atoms with Crippen LogP contribution in [-0.4, -0.2) is 35.3 Å². The summed E-state index contributed by atoms with van der Waals surface area (Å²) >= 11 is 7.11. The van der Waals surface area contributed by atoms with Gasteiger partial charge in [0.25, 0.3) is 5.91 Å². The molecule has 156 valence electrons. The Hall–Kier alpha value is -2.91. The largest absolute Gasteiger partial charge is 0.418 e. The van der Waals surface area contributed by atoms with Gasteiger partial charge in [0.2, 0.25) is 5.91 Å². The van der Waals surface area contributed by atoms with Crippen molar-refractivity contribution in [2.24, 2.45) is 0 Å². The molecule has 5 nitrogen and oxygen atoms in total. The van der Waals surface area contributed by atoms with Crippen molar-refractivity contribution in [1.29, 1.82) is 0 Å². The molecule has 1 heterocycles. The van der Waals surface area contributed by atoms with Crippen LogP contribution < -0.4 is 5.32 Å². The van der Waals surface area contributed by atoms with E-state index in [4.69, 9.17) is 11.6 Å². The molecule has 0 atom stereocenters. The Morgan fingerprint density at radius 1 is 1.13 bits per heavy atom. The zero-order chi connectivity index (χ0) is 21.9. The van der Waals surface area contributed by atoms with E-state index in [1.807, 2.05) is 0 Å². The standard InChI is InChI=1S/C20H15ClF3N3O2S/c1-27(10-17(28)25-15-5-3-2-4-14(15)20(22,23)24)19(29)16-11-30-18(26-16)12-6-8-13(21)9-7-12/h2-9,11H,10H2,1H3,(H,25,28). The molecule has 0 saturated heterocycles. The van der Waals surface area contributed by atoms with E-state index in [9.17, 15) is 22.8 Å². The highest BCUT2D eigenvalue weighted by Crippen LogP contribution is 2.34. The fourth-order valence-electron chi connectivity index (χ4n) is 2.61. The van der Waals surface area contributed by atoms with Crippen molar-refractivity contribution in [1.82, 2.24) is 9.88 Å². The van der Waals surface area contributed by atoms with Crippen molar-refractivity contribution in [2.75, 3.05) is 18.9 Å². The number of hydrogen-bond donors (Lipinski definition) is 1. The fourth-order valence-corrected chi connectivity index (χ4v) is 3.53. The topological polar surface area (TPSA) is 62.3 Å². The molecule has 1 aromatic heterocycles. The summed E-state index contributed by atoms with van der Waals surface area (Å²) in [7, 11) is 1.37. The van der Waals surface area contributed by atoms with Gasteiger partial charge in [0.1, 0.15) is 10.7 Å². The molecule has 0 spiro atoms. The average Bonchev–Trinajstić information content (AvgIpc) is 3.17. The monoisotopic (exact) mass is 453 g/mol. The molecule has 0 radical (unpaired) electrons. The molecule has 0 unspecified atom stereocenters. The van der Waals surface area contributed by atoms with Gasteiger partial charge in [-0.15, -0.1) is 11.3 Å². The number of benzene rings is 2. The summed E-state index contributed by atoms with van der Waals surface area (Å²) in [6, 6.07) is 11.6. The molecule has 3 rings (SSSR count). The molecular formula is C20H15ClF3N3O2S. The first kappa shape index (κ1) is 21.8. The normalized spacial score (nSPS) is 11.2. The molecule has 3 aromatic rings. The molecule has 0 bridgehead atoms. The van der Waals surface area contributed by atoms with E-state index in [0.29, 0.717) is 10.0 Å². The third-order valence-corrected chi connectivity index (χ3v) is 5.19. The lowest BCUT2D eigenvalue weighted by molar-refractivity contribution is -0.137. The Morgan fingerprint density at radius 3 is 2.47 bits per heavy atom. The van der Waals surface area contributed by atoms with E-state index < -0.39 is 30.1 Å². The average molecular weight is 454 g/mol. The van der Waals surface area contributed by atoms with E-state index in [1.54, 1.807) is 29.6 Å². The summed E-state index contributed by atoms with van der Waals surface area (Å²) in [6.07, 6.45) is -4.61. The second-order valence-corrected chi connectivity index (χ2v) is 7.59. The van der Waals surface area contributed by atoms with Gasteiger partial charge < -0.3 is 10.2 Å². The van der Waals surface area contributed by atoms with Gasteiger partial charge in [0, 0.05) is 23.0 Å². The van der Waals surface area contributed by atoms with Crippen LogP contribution in [0.4, 0.5) is 18.9 Å². The molecule has 10 heteroatoms. The van der Waals surface area contributed by atoms with Crippen LogP contribution in [0, 0.1) is 0 Å². The van der Waals surface area contributed by atoms with Crippen LogP contribution in [-0.2, 0) is 11.0 Å². The maximum absolute atomic E-state index is 13.0. The van der Waals surface area contributed by atoms with Crippen molar-refractivity contribution in [3.8, 4) is 10.6 Å². The smallest absolute Gasteiger partial charge is 0.331 e. The molecule has 0 saturated carbocycles. The first-order valence-corrected chi connectivity index (χ1v) is 9.84. The molecular weight excluding hydrogens is 439 g/mol. The Kier molecular flexibility index (Phi) is 6.42. The van der Waals surface area contributed by atoms with Crippen LogP contribution in [0.25, 0.3) is 10.6 Å². The summed E-state index contributed by atoms with van der Waals surface area (Å²) in [5.74, 6) is -1.28. The molecule has 30 heavy (non-hydrogen) atoms. The van der Waals surface area contributed by atoms with Crippen LogP contribution in [0.3, 0.4) is 0 Å². The fraction of sp³-hybridized carbons (Fsp3) is 0.150. The maximum atomic E-state index is 13.0. The van der Waals surface area contributed by atoms with Gasteiger partial charge >= 0.3 is 6.18 Å². The van der Waals surface area contributed by atoms with E-state index in [-0.39, 0.29) is 11.4 Å². The van der Waals surface area contributed by atoms with Crippen LogP contribution >= 0.6 is 22.9 Å². The van der Waals surface area contributed by atoms with Gasteiger partial charge in [-0.25, -0.2) is 4.98 Å². The Labute approximate surface area is 179 Å². The highest BCUT2D eigenvalue weighted by molar-refractivity contribution is 7.13. The number of aromatic nitrogens is 1. The van der Waals surface area contributed by atoms with E-state index in [2.05, 4.69) is 10.3 Å². The number of nitrogens with zero attached hydrogens (tertiary/aromatic N) is 2. The number of carbonyl (C=O) groups is 2. The minimum Gasteiger partial charge on any atom is -0.331 e. The maximum Gasteiger partial charge on any atom is 0.418 e. The first-order chi connectivity index (χ1) is 14.1. The lowest BCUT2D eigenvalue weighted by Gasteiger charge is -2.17. The third kappa shape index (κ3) is 5.17. The van der Waals surface area contributed by atoms with Gasteiger partial charge in [-0.2, -0.15) is 13.2 Å². The number of hydrogen-bond acceptors (Lipinski definition) is 4. The Bertz CT molecular complexity index is 1070. The number of rotatable bonds is 5. The summed E-state index contributed by atoms with van der Waals surface area (Å²) < 4.78 is 39.1. The van der Waals surface area contributed by atoms with Crippen molar-refractivity contribution in [2.45, 2.75) is 6.18 Å². The number of para-hydroxylation sites is 1. The van der Waals surface area contributed by atoms with Gasteiger partial charge in [-0.1, -0.05) is 35.9 Å². The van der Waals surface area contributed by atoms with Crippen LogP contribution in [0.2, 0.25) is 5.02 Å². The van der Waals surface area contributed by atoms with Crippen LogP contribution in [0.5, 0.6) is 0 Å². The van der Waals surface area contributed by atoms with Crippen molar-refractivity contribution >= 4 is 40.4 Å². The lowest BCUT2D eigenvalue weighted by Crippen LogP contribution is -2.35. The number of likely N-dealkylation sites (N-methyl/N-ethyl adjacent to an activating group) is 1. The second kappa shape index (κ2) is 8.85. The van der Waals surface area contributed by atoms with Crippen LogP contribution in [0.1, 0.15) is 16.1 Å². The zero-order valence-electron chi connectivity index (χ0n) is 15.5. The zero-order valence-corrected chi connectivity index (χ0v) is 17.1. The van der Waals surface area contributed by atoms with Gasteiger partial charge in [-0.05, 0) is 24.3 Å². The summed E-state index contributed by atoms with van der Waals surface area (Å²) in [6.45, 7) is -0.432. The van der Waals surface area contributed by atoms with Gasteiger partial charge in [0.15, 0.2) is 0 Å². The number of alkyl halides is 3.